The Labute approximate surface area is 160 Å². The molecule has 0 aliphatic carbocycles. The topological polar surface area (TPSA) is 103 Å². The minimum Gasteiger partial charge on any atom is -0.505 e. The zero-order valence-electron chi connectivity index (χ0n) is 16.0. The first-order valence-electron chi connectivity index (χ1n) is 8.69. The van der Waals surface area contributed by atoms with Crippen molar-refractivity contribution in [3.63, 3.8) is 0 Å². The molecule has 1 aromatic heterocycles. The van der Waals surface area contributed by atoms with Crippen molar-refractivity contribution in [1.29, 1.82) is 0 Å². The number of aliphatic hydroxyl groups is 1. The Kier molecular flexibility index (Phi) is 6.69. The van der Waals surface area contributed by atoms with Gasteiger partial charge in [0, 0.05) is 36.6 Å². The predicted octanol–water partition coefficient (Wildman–Crippen LogP) is 2.68. The van der Waals surface area contributed by atoms with E-state index in [1.54, 1.807) is 39.8 Å². The Bertz CT molecular complexity index is 952. The fraction of sp³-hybridized carbons (Fsp3) is 0.368. The van der Waals surface area contributed by atoms with Crippen LogP contribution in [0.3, 0.4) is 0 Å². The molecule has 2 rings (SSSR count). The molecule has 146 valence electrons. The molecule has 0 aliphatic rings. The zero-order chi connectivity index (χ0) is 20.2. The van der Waals surface area contributed by atoms with Gasteiger partial charge in [0.05, 0.1) is 22.9 Å². The highest BCUT2D eigenvalue weighted by atomic mass is 32.2. The van der Waals surface area contributed by atoms with E-state index in [2.05, 4.69) is 9.98 Å². The van der Waals surface area contributed by atoms with Gasteiger partial charge in [0.2, 0.25) is 10.0 Å². The molecule has 27 heavy (non-hydrogen) atoms. The SMILES string of the molecule is CCN(CC)S(=O)(=O)c1cc(N=Cc2c(CO)cnc(C)c2O)ccc1C. The molecular formula is C19H25N3O4S. The lowest BCUT2D eigenvalue weighted by Crippen LogP contribution is -2.31. The first kappa shape index (κ1) is 21.0. The van der Waals surface area contributed by atoms with Crippen molar-refractivity contribution < 1.29 is 18.6 Å². The van der Waals surface area contributed by atoms with Gasteiger partial charge in [-0.25, -0.2) is 8.42 Å². The maximum absolute atomic E-state index is 12.8. The molecule has 7 nitrogen and oxygen atoms in total. The fourth-order valence-corrected chi connectivity index (χ4v) is 4.41. The standard InChI is InChI=1S/C19H25N3O4S/c1-5-22(6-2)27(25,26)18-9-16(8-7-13(18)3)21-11-17-15(12-23)10-20-14(4)19(17)24/h7-11,23-24H,5-6,12H2,1-4H3. The molecule has 0 saturated heterocycles. The van der Waals surface area contributed by atoms with Crippen LogP contribution in [0.5, 0.6) is 5.75 Å². The summed E-state index contributed by atoms with van der Waals surface area (Å²) in [6, 6.07) is 4.92. The minimum atomic E-state index is -3.60. The monoisotopic (exact) mass is 391 g/mol. The summed E-state index contributed by atoms with van der Waals surface area (Å²) in [6.07, 6.45) is 2.88. The molecule has 0 unspecified atom stereocenters. The lowest BCUT2D eigenvalue weighted by Gasteiger charge is -2.19. The van der Waals surface area contributed by atoms with Gasteiger partial charge >= 0.3 is 0 Å². The van der Waals surface area contributed by atoms with Crippen LogP contribution in [0.2, 0.25) is 0 Å². The van der Waals surface area contributed by atoms with Crippen molar-refractivity contribution in [2.75, 3.05) is 13.1 Å². The number of sulfonamides is 1. The van der Waals surface area contributed by atoms with E-state index < -0.39 is 10.0 Å². The van der Waals surface area contributed by atoms with E-state index in [0.717, 1.165) is 0 Å². The van der Waals surface area contributed by atoms with Crippen LogP contribution < -0.4 is 0 Å². The third kappa shape index (κ3) is 4.35. The largest absolute Gasteiger partial charge is 0.505 e. The fourth-order valence-electron chi connectivity index (χ4n) is 2.71. The number of nitrogens with zero attached hydrogens (tertiary/aromatic N) is 3. The third-order valence-electron chi connectivity index (χ3n) is 4.37. The van der Waals surface area contributed by atoms with E-state index >= 15 is 0 Å². The molecule has 0 radical (unpaired) electrons. The van der Waals surface area contributed by atoms with Crippen LogP contribution >= 0.6 is 0 Å². The van der Waals surface area contributed by atoms with Gasteiger partial charge in [0.1, 0.15) is 5.75 Å². The second-order valence-corrected chi connectivity index (χ2v) is 7.99. The van der Waals surface area contributed by atoms with Crippen molar-refractivity contribution in [1.82, 2.24) is 9.29 Å². The highest BCUT2D eigenvalue weighted by Gasteiger charge is 2.23. The second-order valence-electron chi connectivity index (χ2n) is 6.09. The quantitative estimate of drug-likeness (QED) is 0.706. The number of aliphatic imine (C=N–C) groups is 1. The van der Waals surface area contributed by atoms with Crippen molar-refractivity contribution in [2.45, 2.75) is 39.2 Å². The number of rotatable bonds is 7. The Morgan fingerprint density at radius 1 is 1.22 bits per heavy atom. The maximum atomic E-state index is 12.8. The number of aryl methyl sites for hydroxylation is 2. The van der Waals surface area contributed by atoms with E-state index in [9.17, 15) is 18.6 Å². The molecule has 0 amide bonds. The summed E-state index contributed by atoms with van der Waals surface area (Å²) in [6.45, 7) is 7.45. The Hall–Kier alpha value is -2.29. The molecule has 2 aromatic rings. The number of aliphatic hydroxyl groups excluding tert-OH is 1. The Morgan fingerprint density at radius 2 is 1.89 bits per heavy atom. The van der Waals surface area contributed by atoms with Crippen molar-refractivity contribution in [2.24, 2.45) is 4.99 Å². The van der Waals surface area contributed by atoms with Crippen molar-refractivity contribution in [3.8, 4) is 5.75 Å². The number of hydrogen-bond acceptors (Lipinski definition) is 6. The van der Waals surface area contributed by atoms with Crippen LogP contribution in [0.4, 0.5) is 5.69 Å². The highest BCUT2D eigenvalue weighted by Crippen LogP contribution is 2.27. The van der Waals surface area contributed by atoms with Gasteiger partial charge in [-0.05, 0) is 31.5 Å². The summed E-state index contributed by atoms with van der Waals surface area (Å²) < 4.78 is 27.1. The van der Waals surface area contributed by atoms with Gasteiger partial charge in [-0.2, -0.15) is 4.31 Å². The van der Waals surface area contributed by atoms with Gasteiger partial charge in [-0.3, -0.25) is 9.98 Å². The van der Waals surface area contributed by atoms with Gasteiger partial charge < -0.3 is 10.2 Å². The average Bonchev–Trinajstić information content (AvgIpc) is 2.64. The molecule has 1 aromatic carbocycles. The Morgan fingerprint density at radius 3 is 2.48 bits per heavy atom. The number of aromatic hydroxyl groups is 1. The van der Waals surface area contributed by atoms with Crippen LogP contribution in [0.15, 0.2) is 34.3 Å². The number of aromatic nitrogens is 1. The smallest absolute Gasteiger partial charge is 0.243 e. The van der Waals surface area contributed by atoms with E-state index in [4.69, 9.17) is 0 Å². The van der Waals surface area contributed by atoms with Crippen LogP contribution in [0.25, 0.3) is 0 Å². The highest BCUT2D eigenvalue weighted by molar-refractivity contribution is 7.89. The van der Waals surface area contributed by atoms with Crippen LogP contribution in [0.1, 0.15) is 36.2 Å². The third-order valence-corrected chi connectivity index (χ3v) is 6.56. The van der Waals surface area contributed by atoms with Gasteiger partial charge in [0.25, 0.3) is 0 Å². The lowest BCUT2D eigenvalue weighted by molar-refractivity contribution is 0.280. The van der Waals surface area contributed by atoms with E-state index in [1.165, 1.54) is 22.8 Å². The first-order valence-corrected chi connectivity index (χ1v) is 10.1. The summed E-state index contributed by atoms with van der Waals surface area (Å²) >= 11 is 0. The van der Waals surface area contributed by atoms with Gasteiger partial charge in [0.15, 0.2) is 0 Å². The summed E-state index contributed by atoms with van der Waals surface area (Å²) in [4.78, 5) is 8.52. The number of pyridine rings is 1. The van der Waals surface area contributed by atoms with Crippen molar-refractivity contribution in [3.05, 3.63) is 46.8 Å². The minimum absolute atomic E-state index is 0.0617. The van der Waals surface area contributed by atoms with E-state index in [-0.39, 0.29) is 17.3 Å². The average molecular weight is 391 g/mol. The zero-order valence-corrected chi connectivity index (χ0v) is 16.8. The molecule has 2 N–H and O–H groups in total. The maximum Gasteiger partial charge on any atom is 0.243 e. The molecule has 0 bridgehead atoms. The summed E-state index contributed by atoms with van der Waals surface area (Å²) in [7, 11) is -3.60. The molecule has 8 heteroatoms. The van der Waals surface area contributed by atoms with E-state index in [0.29, 0.717) is 41.2 Å². The summed E-state index contributed by atoms with van der Waals surface area (Å²) in [5.74, 6) is -0.0617. The second kappa shape index (κ2) is 8.60. The van der Waals surface area contributed by atoms with Crippen LogP contribution in [-0.2, 0) is 16.6 Å². The normalized spacial score (nSPS) is 12.2. The molecule has 0 atom stereocenters. The van der Waals surface area contributed by atoms with Gasteiger partial charge in [-0.1, -0.05) is 19.9 Å². The number of benzene rings is 1. The molecule has 0 spiro atoms. The Balaban J connectivity index is 2.49. The lowest BCUT2D eigenvalue weighted by atomic mass is 10.1. The number of hydrogen-bond donors (Lipinski definition) is 2. The molecule has 1 heterocycles. The van der Waals surface area contributed by atoms with E-state index in [1.807, 2.05) is 0 Å². The molecule has 0 aliphatic heterocycles. The first-order chi connectivity index (χ1) is 12.8. The molecule has 0 saturated carbocycles. The van der Waals surface area contributed by atoms with Crippen LogP contribution in [-0.4, -0.2) is 47.2 Å². The molecule has 0 fully saturated rings. The van der Waals surface area contributed by atoms with Crippen molar-refractivity contribution >= 4 is 21.9 Å². The summed E-state index contributed by atoms with van der Waals surface area (Å²) in [5.41, 5.74) is 2.29. The van der Waals surface area contributed by atoms with Gasteiger partial charge in [-0.15, -0.1) is 0 Å². The summed E-state index contributed by atoms with van der Waals surface area (Å²) in [5, 5.41) is 19.6. The molecular weight excluding hydrogens is 366 g/mol. The van der Waals surface area contributed by atoms with Crippen LogP contribution in [0, 0.1) is 13.8 Å². The predicted molar refractivity (Wildman–Crippen MR) is 105 cm³/mol.